The minimum Gasteiger partial charge on any atom is -0.392 e. The summed E-state index contributed by atoms with van der Waals surface area (Å²) in [6, 6.07) is 1.41. The summed E-state index contributed by atoms with van der Waals surface area (Å²) in [6.45, 7) is 2.10. The van der Waals surface area contributed by atoms with Crippen molar-refractivity contribution in [2.75, 3.05) is 20.1 Å². The van der Waals surface area contributed by atoms with Crippen LogP contribution in [-0.4, -0.2) is 48.3 Å². The van der Waals surface area contributed by atoms with Gasteiger partial charge in [0.15, 0.2) is 0 Å². The van der Waals surface area contributed by atoms with Crippen molar-refractivity contribution in [2.24, 2.45) is 0 Å². The van der Waals surface area contributed by atoms with Crippen LogP contribution in [0.4, 0.5) is 0 Å². The number of hydrogen-bond acceptors (Lipinski definition) is 3. The molecule has 0 amide bonds. The van der Waals surface area contributed by atoms with Crippen LogP contribution in [0.3, 0.4) is 0 Å². The zero-order valence-corrected chi connectivity index (χ0v) is 9.78. The fraction of sp³-hybridized carbons (Fsp3) is 1.00. The Morgan fingerprint density at radius 1 is 1.20 bits per heavy atom. The van der Waals surface area contributed by atoms with Crippen molar-refractivity contribution in [2.45, 2.75) is 56.7 Å². The van der Waals surface area contributed by atoms with Crippen LogP contribution in [0.1, 0.15) is 38.5 Å². The molecule has 1 aliphatic carbocycles. The predicted octanol–water partition coefficient (Wildman–Crippen LogP) is 0.974. The molecule has 3 unspecified atom stereocenters. The first-order valence-electron chi connectivity index (χ1n) is 6.39. The number of hydrogen-bond donors (Lipinski definition) is 2. The SMILES string of the molecule is CNC1CCCC(N2CCCC(O)C2)C1. The van der Waals surface area contributed by atoms with Crippen LogP contribution >= 0.6 is 0 Å². The lowest BCUT2D eigenvalue weighted by molar-refractivity contribution is 0.0324. The number of aliphatic hydroxyl groups is 1. The first-order chi connectivity index (χ1) is 7.29. The Hall–Kier alpha value is -0.120. The lowest BCUT2D eigenvalue weighted by Gasteiger charge is -2.40. The molecule has 2 rings (SSSR count). The van der Waals surface area contributed by atoms with E-state index in [4.69, 9.17) is 0 Å². The largest absolute Gasteiger partial charge is 0.392 e. The Morgan fingerprint density at radius 3 is 2.80 bits per heavy atom. The van der Waals surface area contributed by atoms with Crippen LogP contribution in [0.25, 0.3) is 0 Å². The maximum atomic E-state index is 9.68. The van der Waals surface area contributed by atoms with Crippen molar-refractivity contribution in [3.63, 3.8) is 0 Å². The molecular weight excluding hydrogens is 188 g/mol. The number of piperidine rings is 1. The van der Waals surface area contributed by atoms with E-state index in [0.717, 1.165) is 13.0 Å². The zero-order valence-electron chi connectivity index (χ0n) is 9.78. The van der Waals surface area contributed by atoms with E-state index >= 15 is 0 Å². The van der Waals surface area contributed by atoms with Crippen molar-refractivity contribution in [3.8, 4) is 0 Å². The molecular formula is C12H24N2O. The summed E-state index contributed by atoms with van der Waals surface area (Å²) in [5.41, 5.74) is 0. The number of rotatable bonds is 2. The second-order valence-corrected chi connectivity index (χ2v) is 5.10. The van der Waals surface area contributed by atoms with Gasteiger partial charge >= 0.3 is 0 Å². The third-order valence-electron chi connectivity index (χ3n) is 4.00. The molecule has 2 fully saturated rings. The highest BCUT2D eigenvalue weighted by Gasteiger charge is 2.28. The van der Waals surface area contributed by atoms with Crippen LogP contribution in [0.2, 0.25) is 0 Å². The Labute approximate surface area is 92.8 Å². The molecule has 0 aromatic carbocycles. The van der Waals surface area contributed by atoms with E-state index in [1.165, 1.54) is 38.6 Å². The number of nitrogens with one attached hydrogen (secondary N) is 1. The molecule has 3 heteroatoms. The lowest BCUT2D eigenvalue weighted by atomic mass is 9.89. The first kappa shape index (κ1) is 11.4. The van der Waals surface area contributed by atoms with Crippen LogP contribution in [-0.2, 0) is 0 Å². The fourth-order valence-electron chi connectivity index (χ4n) is 3.07. The van der Waals surface area contributed by atoms with Crippen LogP contribution < -0.4 is 5.32 Å². The number of β-amino-alcohol motifs (C(OH)–C–C–N with tert-alkyl or cyclic N) is 1. The summed E-state index contributed by atoms with van der Waals surface area (Å²) < 4.78 is 0. The molecule has 1 heterocycles. The van der Waals surface area contributed by atoms with Crippen LogP contribution in [0, 0.1) is 0 Å². The van der Waals surface area contributed by atoms with E-state index in [0.29, 0.717) is 12.1 Å². The summed E-state index contributed by atoms with van der Waals surface area (Å²) >= 11 is 0. The van der Waals surface area contributed by atoms with Gasteiger partial charge < -0.3 is 10.4 Å². The molecule has 0 spiro atoms. The van der Waals surface area contributed by atoms with E-state index in [-0.39, 0.29) is 6.10 Å². The fourth-order valence-corrected chi connectivity index (χ4v) is 3.07. The molecule has 1 aliphatic heterocycles. The first-order valence-corrected chi connectivity index (χ1v) is 6.39. The molecule has 2 aliphatic rings. The van der Waals surface area contributed by atoms with Gasteiger partial charge in [-0.2, -0.15) is 0 Å². The monoisotopic (exact) mass is 212 g/mol. The summed E-state index contributed by atoms with van der Waals surface area (Å²) in [4.78, 5) is 2.51. The molecule has 3 nitrogen and oxygen atoms in total. The maximum absolute atomic E-state index is 9.68. The Kier molecular flexibility index (Phi) is 4.00. The third kappa shape index (κ3) is 2.92. The molecule has 0 aromatic heterocycles. The third-order valence-corrected chi connectivity index (χ3v) is 4.00. The van der Waals surface area contributed by atoms with Crippen molar-refractivity contribution >= 4 is 0 Å². The van der Waals surface area contributed by atoms with Gasteiger partial charge in [0.05, 0.1) is 6.10 Å². The van der Waals surface area contributed by atoms with Gasteiger partial charge in [0, 0.05) is 18.6 Å². The number of nitrogens with zero attached hydrogens (tertiary/aromatic N) is 1. The Morgan fingerprint density at radius 2 is 2.07 bits per heavy atom. The standard InChI is InChI=1S/C12H24N2O/c1-13-10-4-2-5-11(8-10)14-7-3-6-12(15)9-14/h10-13,15H,2-9H2,1H3. The molecule has 15 heavy (non-hydrogen) atoms. The second-order valence-electron chi connectivity index (χ2n) is 5.10. The number of aliphatic hydroxyl groups excluding tert-OH is 1. The van der Waals surface area contributed by atoms with Crippen LogP contribution in [0.15, 0.2) is 0 Å². The minimum atomic E-state index is -0.0753. The van der Waals surface area contributed by atoms with Gasteiger partial charge in [-0.15, -0.1) is 0 Å². The van der Waals surface area contributed by atoms with Gasteiger partial charge in [0.25, 0.3) is 0 Å². The highest BCUT2D eigenvalue weighted by atomic mass is 16.3. The normalized spacial score (nSPS) is 39.2. The molecule has 1 saturated heterocycles. The van der Waals surface area contributed by atoms with Crippen molar-refractivity contribution in [1.29, 1.82) is 0 Å². The molecule has 0 aromatic rings. The topological polar surface area (TPSA) is 35.5 Å². The average molecular weight is 212 g/mol. The van der Waals surface area contributed by atoms with Gasteiger partial charge in [0.2, 0.25) is 0 Å². The van der Waals surface area contributed by atoms with Gasteiger partial charge in [-0.05, 0) is 45.7 Å². The van der Waals surface area contributed by atoms with Crippen molar-refractivity contribution in [3.05, 3.63) is 0 Å². The molecule has 0 radical (unpaired) electrons. The van der Waals surface area contributed by atoms with Crippen molar-refractivity contribution in [1.82, 2.24) is 10.2 Å². The quantitative estimate of drug-likeness (QED) is 0.716. The highest BCUT2D eigenvalue weighted by Crippen LogP contribution is 2.25. The molecule has 88 valence electrons. The van der Waals surface area contributed by atoms with Gasteiger partial charge in [-0.25, -0.2) is 0 Å². The molecule has 2 N–H and O–H groups in total. The van der Waals surface area contributed by atoms with Crippen molar-refractivity contribution < 1.29 is 5.11 Å². The average Bonchev–Trinajstić information content (AvgIpc) is 2.29. The Bertz CT molecular complexity index is 198. The minimum absolute atomic E-state index is 0.0753. The predicted molar refractivity (Wildman–Crippen MR) is 61.9 cm³/mol. The lowest BCUT2D eigenvalue weighted by Crippen LogP contribution is -2.48. The zero-order chi connectivity index (χ0) is 10.7. The second kappa shape index (κ2) is 5.28. The van der Waals surface area contributed by atoms with E-state index in [1.807, 2.05) is 0 Å². The van der Waals surface area contributed by atoms with Gasteiger partial charge in [-0.3, -0.25) is 4.90 Å². The number of likely N-dealkylation sites (tertiary alicyclic amines) is 1. The van der Waals surface area contributed by atoms with E-state index in [1.54, 1.807) is 0 Å². The van der Waals surface area contributed by atoms with E-state index < -0.39 is 0 Å². The summed E-state index contributed by atoms with van der Waals surface area (Å²) in [7, 11) is 2.07. The molecule has 3 atom stereocenters. The molecule has 1 saturated carbocycles. The Balaban J connectivity index is 1.86. The van der Waals surface area contributed by atoms with E-state index in [2.05, 4.69) is 17.3 Å². The maximum Gasteiger partial charge on any atom is 0.0667 e. The summed E-state index contributed by atoms with van der Waals surface area (Å²) in [5.74, 6) is 0. The summed E-state index contributed by atoms with van der Waals surface area (Å²) in [5, 5.41) is 13.1. The highest BCUT2D eigenvalue weighted by molar-refractivity contribution is 4.86. The van der Waals surface area contributed by atoms with Gasteiger partial charge in [-0.1, -0.05) is 6.42 Å². The van der Waals surface area contributed by atoms with E-state index in [9.17, 15) is 5.11 Å². The van der Waals surface area contributed by atoms with Crippen LogP contribution in [0.5, 0.6) is 0 Å². The smallest absolute Gasteiger partial charge is 0.0667 e. The van der Waals surface area contributed by atoms with Gasteiger partial charge in [0.1, 0.15) is 0 Å². The molecule has 0 bridgehead atoms. The summed E-state index contributed by atoms with van der Waals surface area (Å²) in [6.07, 6.45) is 7.34.